The Labute approximate surface area is 336 Å². The summed E-state index contributed by atoms with van der Waals surface area (Å²) < 4.78 is 60.4. The Hall–Kier alpha value is -0.930. The Morgan fingerprint density at radius 3 is 0.782 bits per heavy atom. The summed E-state index contributed by atoms with van der Waals surface area (Å²) in [5.74, 6) is -0.260. The standard InChI is InChI=1S/C43H86O12/c1-5-6-7-8-9-10-11-12-13-14-15-16-17-18-19-20-22-45-24-26-47-28-30-49-32-34-51-36-38-53-40-41-54-39-37-52-35-33-50-31-29-48-27-25-46-23-21-42(44)55-43(2,3)4/h5-41H2,1-4H3. The minimum absolute atomic E-state index is 0.236. The van der Waals surface area contributed by atoms with Gasteiger partial charge in [0.05, 0.1) is 132 Å². The predicted octanol–water partition coefficient (Wildman–Crippen LogP) is 8.15. The molecule has 0 unspecified atom stereocenters. The Morgan fingerprint density at radius 2 is 0.527 bits per heavy atom. The summed E-state index contributed by atoms with van der Waals surface area (Å²) in [5, 5.41) is 0. The zero-order chi connectivity index (χ0) is 40.0. The highest BCUT2D eigenvalue weighted by molar-refractivity contribution is 5.69. The SMILES string of the molecule is CCCCCCCCCCCCCCCCCCOCCOCCOCCOCCOCCOCCOCCOCCOCCOCCC(=O)OC(C)(C)C. The van der Waals surface area contributed by atoms with Crippen LogP contribution in [-0.4, -0.2) is 144 Å². The highest BCUT2D eigenvalue weighted by Gasteiger charge is 2.15. The van der Waals surface area contributed by atoms with Crippen molar-refractivity contribution in [3.8, 4) is 0 Å². The van der Waals surface area contributed by atoms with Crippen LogP contribution in [0.3, 0.4) is 0 Å². The summed E-state index contributed by atoms with van der Waals surface area (Å²) in [7, 11) is 0. The lowest BCUT2D eigenvalue weighted by atomic mass is 10.0. The average molecular weight is 795 g/mol. The molecule has 330 valence electrons. The fourth-order valence-corrected chi connectivity index (χ4v) is 5.38. The van der Waals surface area contributed by atoms with Crippen molar-refractivity contribution in [1.29, 1.82) is 0 Å². The van der Waals surface area contributed by atoms with Crippen molar-refractivity contribution in [3.05, 3.63) is 0 Å². The molecule has 0 bridgehead atoms. The number of ether oxygens (including phenoxy) is 11. The number of carbonyl (C=O) groups is 1. The first-order valence-electron chi connectivity index (χ1n) is 21.9. The molecule has 0 atom stereocenters. The van der Waals surface area contributed by atoms with E-state index < -0.39 is 5.60 Å². The van der Waals surface area contributed by atoms with Crippen LogP contribution in [0, 0.1) is 0 Å². The smallest absolute Gasteiger partial charge is 0.308 e. The van der Waals surface area contributed by atoms with Crippen LogP contribution in [0.1, 0.15) is 137 Å². The zero-order valence-electron chi connectivity index (χ0n) is 36.1. The van der Waals surface area contributed by atoms with Crippen molar-refractivity contribution < 1.29 is 56.9 Å². The lowest BCUT2D eigenvalue weighted by Gasteiger charge is -2.19. The van der Waals surface area contributed by atoms with E-state index >= 15 is 0 Å². The average Bonchev–Trinajstić information content (AvgIpc) is 3.15. The molecule has 0 aromatic carbocycles. The van der Waals surface area contributed by atoms with Crippen LogP contribution >= 0.6 is 0 Å². The van der Waals surface area contributed by atoms with Crippen molar-refractivity contribution in [2.24, 2.45) is 0 Å². The molecule has 0 aromatic heterocycles. The van der Waals surface area contributed by atoms with E-state index in [-0.39, 0.29) is 12.4 Å². The number of carbonyl (C=O) groups excluding carboxylic acids is 1. The van der Waals surface area contributed by atoms with Gasteiger partial charge in [0.25, 0.3) is 0 Å². The van der Waals surface area contributed by atoms with Crippen LogP contribution in [0.4, 0.5) is 0 Å². The Kier molecular flexibility index (Phi) is 45.0. The molecule has 0 aliphatic heterocycles. The molecule has 55 heavy (non-hydrogen) atoms. The van der Waals surface area contributed by atoms with E-state index in [0.29, 0.717) is 126 Å². The molecular formula is C43H86O12. The van der Waals surface area contributed by atoms with E-state index in [9.17, 15) is 4.79 Å². The second kappa shape index (κ2) is 45.8. The molecule has 0 heterocycles. The topological polar surface area (TPSA) is 119 Å². The van der Waals surface area contributed by atoms with Crippen LogP contribution in [0.5, 0.6) is 0 Å². The highest BCUT2D eigenvalue weighted by Crippen LogP contribution is 2.14. The van der Waals surface area contributed by atoms with E-state index in [1.807, 2.05) is 20.8 Å². The summed E-state index contributed by atoms with van der Waals surface area (Å²) in [6.45, 7) is 18.3. The lowest BCUT2D eigenvalue weighted by molar-refractivity contribution is -0.156. The van der Waals surface area contributed by atoms with Crippen molar-refractivity contribution in [1.82, 2.24) is 0 Å². The number of esters is 1. The number of rotatable bonds is 47. The van der Waals surface area contributed by atoms with Crippen LogP contribution in [-0.2, 0) is 56.9 Å². The molecular weight excluding hydrogens is 708 g/mol. The third-order valence-corrected chi connectivity index (χ3v) is 8.36. The van der Waals surface area contributed by atoms with Crippen LogP contribution in [0.2, 0.25) is 0 Å². The van der Waals surface area contributed by atoms with Gasteiger partial charge in [0.1, 0.15) is 5.60 Å². The quantitative estimate of drug-likeness (QED) is 0.0437. The van der Waals surface area contributed by atoms with Crippen LogP contribution in [0.15, 0.2) is 0 Å². The molecule has 0 aliphatic carbocycles. The van der Waals surface area contributed by atoms with Gasteiger partial charge in [-0.2, -0.15) is 0 Å². The van der Waals surface area contributed by atoms with Crippen LogP contribution in [0.25, 0.3) is 0 Å². The highest BCUT2D eigenvalue weighted by atomic mass is 16.6. The maximum absolute atomic E-state index is 11.6. The van der Waals surface area contributed by atoms with Crippen molar-refractivity contribution in [2.45, 2.75) is 142 Å². The van der Waals surface area contributed by atoms with Gasteiger partial charge in [0, 0.05) is 6.61 Å². The second-order valence-electron chi connectivity index (χ2n) is 14.8. The van der Waals surface area contributed by atoms with Gasteiger partial charge < -0.3 is 52.1 Å². The summed E-state index contributed by atoms with van der Waals surface area (Å²) in [4.78, 5) is 11.6. The first-order valence-corrected chi connectivity index (χ1v) is 21.9. The number of hydrogen-bond donors (Lipinski definition) is 0. The third kappa shape index (κ3) is 51.1. The maximum Gasteiger partial charge on any atom is 0.308 e. The third-order valence-electron chi connectivity index (χ3n) is 8.36. The summed E-state index contributed by atoms with van der Waals surface area (Å²) in [6.07, 6.45) is 22.4. The van der Waals surface area contributed by atoms with Gasteiger partial charge in [0.2, 0.25) is 0 Å². The van der Waals surface area contributed by atoms with Gasteiger partial charge in [-0.05, 0) is 27.2 Å². The van der Waals surface area contributed by atoms with Crippen molar-refractivity contribution >= 4 is 5.97 Å². The molecule has 0 N–H and O–H groups in total. The largest absolute Gasteiger partial charge is 0.460 e. The van der Waals surface area contributed by atoms with Crippen molar-refractivity contribution in [2.75, 3.05) is 132 Å². The summed E-state index contributed by atoms with van der Waals surface area (Å²) in [6, 6.07) is 0. The van der Waals surface area contributed by atoms with E-state index in [0.717, 1.165) is 13.0 Å². The molecule has 0 saturated carbocycles. The maximum atomic E-state index is 11.6. The number of unbranched alkanes of at least 4 members (excludes halogenated alkanes) is 15. The molecule has 0 fully saturated rings. The first kappa shape index (κ1) is 54.1. The molecule has 0 amide bonds. The predicted molar refractivity (Wildman–Crippen MR) is 218 cm³/mol. The lowest BCUT2D eigenvalue weighted by Crippen LogP contribution is -2.24. The van der Waals surface area contributed by atoms with E-state index in [2.05, 4.69) is 6.92 Å². The minimum atomic E-state index is -0.471. The van der Waals surface area contributed by atoms with Gasteiger partial charge in [0.15, 0.2) is 0 Å². The van der Waals surface area contributed by atoms with Gasteiger partial charge >= 0.3 is 5.97 Å². The fraction of sp³-hybridized carbons (Fsp3) is 0.977. The summed E-state index contributed by atoms with van der Waals surface area (Å²) in [5.41, 5.74) is -0.471. The monoisotopic (exact) mass is 795 g/mol. The normalized spacial score (nSPS) is 11.9. The van der Waals surface area contributed by atoms with Crippen molar-refractivity contribution in [3.63, 3.8) is 0 Å². The molecule has 0 aromatic rings. The van der Waals surface area contributed by atoms with E-state index in [1.54, 1.807) is 0 Å². The second-order valence-corrected chi connectivity index (χ2v) is 14.8. The summed E-state index contributed by atoms with van der Waals surface area (Å²) >= 11 is 0. The molecule has 0 spiro atoms. The molecule has 0 radical (unpaired) electrons. The molecule has 12 nitrogen and oxygen atoms in total. The van der Waals surface area contributed by atoms with Gasteiger partial charge in [-0.1, -0.05) is 103 Å². The zero-order valence-corrected chi connectivity index (χ0v) is 36.1. The Balaban J connectivity index is 3.09. The van der Waals surface area contributed by atoms with Gasteiger partial charge in [-0.15, -0.1) is 0 Å². The number of hydrogen-bond acceptors (Lipinski definition) is 12. The Bertz CT molecular complexity index is 737. The molecule has 0 aliphatic rings. The fourth-order valence-electron chi connectivity index (χ4n) is 5.38. The van der Waals surface area contributed by atoms with Gasteiger partial charge in [-0.25, -0.2) is 0 Å². The van der Waals surface area contributed by atoms with E-state index in [1.165, 1.54) is 96.3 Å². The minimum Gasteiger partial charge on any atom is -0.460 e. The molecule has 12 heteroatoms. The Morgan fingerprint density at radius 1 is 0.309 bits per heavy atom. The first-order chi connectivity index (χ1) is 27.0. The molecule has 0 saturated heterocycles. The molecule has 0 rings (SSSR count). The van der Waals surface area contributed by atoms with Crippen LogP contribution < -0.4 is 0 Å². The van der Waals surface area contributed by atoms with Gasteiger partial charge in [-0.3, -0.25) is 4.79 Å². The van der Waals surface area contributed by atoms with E-state index in [4.69, 9.17) is 52.1 Å².